The maximum absolute atomic E-state index is 12.9. The van der Waals surface area contributed by atoms with Crippen molar-refractivity contribution < 1.29 is 19.1 Å². The normalized spacial score (nSPS) is 26.6. The molecule has 0 unspecified atom stereocenters. The molecule has 6 heteroatoms. The zero-order valence-corrected chi connectivity index (χ0v) is 13.2. The van der Waals surface area contributed by atoms with Gasteiger partial charge in [-0.15, -0.1) is 0 Å². The molecule has 1 aromatic rings. The lowest BCUT2D eigenvalue weighted by molar-refractivity contribution is -0.133. The molecule has 1 aromatic carbocycles. The van der Waals surface area contributed by atoms with Crippen LogP contribution in [-0.4, -0.2) is 67.6 Å². The van der Waals surface area contributed by atoms with Crippen LogP contribution in [-0.2, 0) is 16.0 Å². The number of carbonyl (C=O) groups excluding carboxylic acids is 2. The largest absolute Gasteiger partial charge is 0.493 e. The Labute approximate surface area is 134 Å². The Morgan fingerprint density at radius 1 is 1.26 bits per heavy atom. The van der Waals surface area contributed by atoms with E-state index in [2.05, 4.69) is 0 Å². The first-order valence-corrected chi connectivity index (χ1v) is 8.03. The number of benzene rings is 1. The lowest BCUT2D eigenvalue weighted by Gasteiger charge is -2.29. The molecule has 23 heavy (non-hydrogen) atoms. The summed E-state index contributed by atoms with van der Waals surface area (Å²) in [5.74, 6) is 0.664. The fourth-order valence-electron chi connectivity index (χ4n) is 3.57. The van der Waals surface area contributed by atoms with Gasteiger partial charge in [0.15, 0.2) is 0 Å². The van der Waals surface area contributed by atoms with Gasteiger partial charge in [-0.2, -0.15) is 0 Å². The van der Waals surface area contributed by atoms with E-state index in [9.17, 15) is 9.59 Å². The molecule has 2 atom stereocenters. The summed E-state index contributed by atoms with van der Waals surface area (Å²) in [6.45, 7) is 2.50. The molecule has 3 heterocycles. The molecule has 3 aliphatic rings. The topological polar surface area (TPSA) is 59.1 Å². The Balaban J connectivity index is 1.60. The minimum Gasteiger partial charge on any atom is -0.493 e. The average molecular weight is 316 g/mol. The summed E-state index contributed by atoms with van der Waals surface area (Å²) in [4.78, 5) is 28.8. The second-order valence-corrected chi connectivity index (χ2v) is 6.47. The molecule has 0 spiro atoms. The van der Waals surface area contributed by atoms with Crippen LogP contribution in [0, 0.1) is 5.92 Å². The van der Waals surface area contributed by atoms with Crippen LogP contribution in [0.3, 0.4) is 0 Å². The minimum atomic E-state index is -0.269. The van der Waals surface area contributed by atoms with Gasteiger partial charge in [-0.1, -0.05) is 0 Å². The molecule has 0 N–H and O–H groups in total. The lowest BCUT2D eigenvalue weighted by Crippen LogP contribution is -2.45. The van der Waals surface area contributed by atoms with E-state index >= 15 is 0 Å². The molecule has 0 aliphatic carbocycles. The van der Waals surface area contributed by atoms with Crippen LogP contribution in [0.2, 0.25) is 0 Å². The van der Waals surface area contributed by atoms with Gasteiger partial charge < -0.3 is 19.3 Å². The van der Waals surface area contributed by atoms with E-state index in [0.29, 0.717) is 38.5 Å². The van der Waals surface area contributed by atoms with Gasteiger partial charge in [0.05, 0.1) is 31.8 Å². The summed E-state index contributed by atoms with van der Waals surface area (Å²) in [5, 5.41) is 0. The highest BCUT2D eigenvalue weighted by Crippen LogP contribution is 2.27. The SMILES string of the molecule is CN1C(=O)[C@H]2COC[C@@H]1CN(C(=O)c1ccc3c(c1)CCO3)C2. The van der Waals surface area contributed by atoms with Crippen LogP contribution in [0.1, 0.15) is 15.9 Å². The molecule has 0 radical (unpaired) electrons. The van der Waals surface area contributed by atoms with Gasteiger partial charge in [-0.3, -0.25) is 9.59 Å². The second-order valence-electron chi connectivity index (χ2n) is 6.47. The van der Waals surface area contributed by atoms with E-state index in [1.165, 1.54) is 0 Å². The fraction of sp³-hybridized carbons (Fsp3) is 0.529. The monoisotopic (exact) mass is 316 g/mol. The first-order chi connectivity index (χ1) is 11.1. The molecular formula is C17H20N2O4. The summed E-state index contributed by atoms with van der Waals surface area (Å²) in [7, 11) is 1.80. The predicted molar refractivity (Wildman–Crippen MR) is 82.4 cm³/mol. The summed E-state index contributed by atoms with van der Waals surface area (Å²) in [6.07, 6.45) is 0.844. The molecule has 6 nitrogen and oxygen atoms in total. The van der Waals surface area contributed by atoms with Crippen molar-refractivity contribution in [3.05, 3.63) is 29.3 Å². The van der Waals surface area contributed by atoms with E-state index in [4.69, 9.17) is 9.47 Å². The third-order valence-electron chi connectivity index (χ3n) is 4.97. The molecule has 0 aromatic heterocycles. The van der Waals surface area contributed by atoms with E-state index in [1.54, 1.807) is 16.8 Å². The number of nitrogens with zero attached hydrogens (tertiary/aromatic N) is 2. The first-order valence-electron chi connectivity index (χ1n) is 8.03. The molecular weight excluding hydrogens is 296 g/mol. The van der Waals surface area contributed by atoms with Crippen molar-refractivity contribution in [1.29, 1.82) is 0 Å². The Hall–Kier alpha value is -2.08. The number of fused-ring (bicyclic) bond motifs is 4. The predicted octanol–water partition coefficient (Wildman–Crippen LogP) is 0.551. The Bertz CT molecular complexity index is 660. The minimum absolute atomic E-state index is 0.0142. The van der Waals surface area contributed by atoms with Crippen molar-refractivity contribution in [2.45, 2.75) is 12.5 Å². The number of hydrogen-bond donors (Lipinski definition) is 0. The van der Waals surface area contributed by atoms with Crippen LogP contribution < -0.4 is 4.74 Å². The van der Waals surface area contributed by atoms with E-state index < -0.39 is 0 Å². The van der Waals surface area contributed by atoms with Gasteiger partial charge >= 0.3 is 0 Å². The van der Waals surface area contributed by atoms with Gasteiger partial charge in [0, 0.05) is 32.1 Å². The van der Waals surface area contributed by atoms with Crippen molar-refractivity contribution in [2.75, 3.05) is 40.0 Å². The quantitative estimate of drug-likeness (QED) is 0.759. The molecule has 0 saturated carbocycles. The number of likely N-dealkylation sites (N-methyl/N-ethyl adjacent to an activating group) is 1. The highest BCUT2D eigenvalue weighted by atomic mass is 16.5. The van der Waals surface area contributed by atoms with Crippen molar-refractivity contribution >= 4 is 11.8 Å². The standard InChI is InChI=1S/C17H20N2O4/c1-18-14-8-19(7-13(16(18)20)9-22-10-14)17(21)12-2-3-15-11(6-12)4-5-23-15/h2-3,6,13-14H,4-5,7-10H2,1H3/t13-,14+/m1/s1. The van der Waals surface area contributed by atoms with Gasteiger partial charge in [0.1, 0.15) is 5.75 Å². The van der Waals surface area contributed by atoms with Gasteiger partial charge in [0.25, 0.3) is 5.91 Å². The fourth-order valence-corrected chi connectivity index (χ4v) is 3.57. The molecule has 3 aliphatic heterocycles. The number of amides is 2. The van der Waals surface area contributed by atoms with Crippen LogP contribution >= 0.6 is 0 Å². The molecule has 4 rings (SSSR count). The smallest absolute Gasteiger partial charge is 0.253 e. The summed E-state index contributed by atoms with van der Waals surface area (Å²) in [5.41, 5.74) is 1.76. The molecule has 122 valence electrons. The van der Waals surface area contributed by atoms with Gasteiger partial charge in [-0.05, 0) is 23.8 Å². The summed E-state index contributed by atoms with van der Waals surface area (Å²) >= 11 is 0. The molecule has 2 bridgehead atoms. The zero-order valence-electron chi connectivity index (χ0n) is 13.2. The first kappa shape index (κ1) is 14.5. The number of ether oxygens (including phenoxy) is 2. The second kappa shape index (κ2) is 5.53. The highest BCUT2D eigenvalue weighted by molar-refractivity contribution is 5.95. The Morgan fingerprint density at radius 2 is 2.13 bits per heavy atom. The van der Waals surface area contributed by atoms with Crippen molar-refractivity contribution in [1.82, 2.24) is 9.80 Å². The van der Waals surface area contributed by atoms with Gasteiger partial charge in [0.2, 0.25) is 5.91 Å². The molecule has 2 saturated heterocycles. The highest BCUT2D eigenvalue weighted by Gasteiger charge is 2.39. The van der Waals surface area contributed by atoms with Gasteiger partial charge in [-0.25, -0.2) is 0 Å². The van der Waals surface area contributed by atoms with E-state index in [0.717, 1.165) is 17.7 Å². The van der Waals surface area contributed by atoms with Crippen molar-refractivity contribution in [3.63, 3.8) is 0 Å². The van der Waals surface area contributed by atoms with Crippen LogP contribution in [0.5, 0.6) is 5.75 Å². The van der Waals surface area contributed by atoms with E-state index in [1.807, 2.05) is 18.2 Å². The molecule has 2 fully saturated rings. The zero-order chi connectivity index (χ0) is 16.0. The maximum atomic E-state index is 12.9. The lowest BCUT2D eigenvalue weighted by atomic mass is 10.1. The van der Waals surface area contributed by atoms with Crippen molar-refractivity contribution in [3.8, 4) is 5.75 Å². The summed E-state index contributed by atoms with van der Waals surface area (Å²) < 4.78 is 11.1. The van der Waals surface area contributed by atoms with Crippen molar-refractivity contribution in [2.24, 2.45) is 5.92 Å². The Kier molecular flexibility index (Phi) is 3.49. The van der Waals surface area contributed by atoms with Crippen LogP contribution in [0.4, 0.5) is 0 Å². The Morgan fingerprint density at radius 3 is 3.00 bits per heavy atom. The van der Waals surface area contributed by atoms with Crippen LogP contribution in [0.15, 0.2) is 18.2 Å². The average Bonchev–Trinajstić information content (AvgIpc) is 2.92. The number of hydrogen-bond acceptors (Lipinski definition) is 4. The van der Waals surface area contributed by atoms with E-state index in [-0.39, 0.29) is 23.8 Å². The molecule has 2 amide bonds. The number of rotatable bonds is 1. The third kappa shape index (κ3) is 2.47. The maximum Gasteiger partial charge on any atom is 0.253 e. The van der Waals surface area contributed by atoms with Crippen LogP contribution in [0.25, 0.3) is 0 Å². The summed E-state index contributed by atoms with van der Waals surface area (Å²) in [6, 6.07) is 5.54. The third-order valence-corrected chi connectivity index (χ3v) is 4.97. The number of carbonyl (C=O) groups is 2.